The van der Waals surface area contributed by atoms with Crippen LogP contribution in [0, 0.1) is 0 Å². The van der Waals surface area contributed by atoms with Gasteiger partial charge in [0.25, 0.3) is 5.91 Å². The maximum atomic E-state index is 12.5. The second-order valence-electron chi connectivity index (χ2n) is 6.63. The van der Waals surface area contributed by atoms with E-state index in [4.69, 9.17) is 11.6 Å². The fourth-order valence-corrected chi connectivity index (χ4v) is 3.24. The Hall–Kier alpha value is -2.41. The number of benzene rings is 1. The number of carbonyl (C=O) groups is 2. The van der Waals surface area contributed by atoms with Gasteiger partial charge in [0, 0.05) is 5.92 Å². The largest absolute Gasteiger partial charge is 0.480 e. The van der Waals surface area contributed by atoms with E-state index in [9.17, 15) is 14.7 Å². The third-order valence-electron chi connectivity index (χ3n) is 4.83. The molecule has 1 amide bonds. The number of halogens is 1. The fourth-order valence-electron chi connectivity index (χ4n) is 3.02. The summed E-state index contributed by atoms with van der Waals surface area (Å²) in [6.07, 6.45) is 3.61. The first-order valence-electron chi connectivity index (χ1n) is 8.28. The Morgan fingerprint density at radius 1 is 1.28 bits per heavy atom. The van der Waals surface area contributed by atoms with E-state index in [1.165, 1.54) is 0 Å². The summed E-state index contributed by atoms with van der Waals surface area (Å²) in [5.41, 5.74) is -0.527. The minimum atomic E-state index is -1.19. The van der Waals surface area contributed by atoms with Crippen molar-refractivity contribution < 1.29 is 14.7 Å². The van der Waals surface area contributed by atoms with Gasteiger partial charge >= 0.3 is 5.97 Å². The van der Waals surface area contributed by atoms with E-state index in [1.807, 2.05) is 18.2 Å². The molecule has 0 bridgehead atoms. The lowest BCUT2D eigenvalue weighted by Crippen LogP contribution is -2.59. The standard InChI is InChI=1S/C17H17ClN4O3/c18-11-4-1-2-5-12(11)22-14(10-6-7-10)19-13(21-22)15(23)20-17(16(24)25)8-3-9-17/h1-2,4-5,10H,3,6-9H2,(H,20,23)(H,24,25). The number of amides is 1. The van der Waals surface area contributed by atoms with Crippen LogP contribution in [0.3, 0.4) is 0 Å². The van der Waals surface area contributed by atoms with Crippen LogP contribution in [-0.4, -0.2) is 37.3 Å². The van der Waals surface area contributed by atoms with Crippen LogP contribution in [0.4, 0.5) is 0 Å². The molecule has 2 aliphatic carbocycles. The summed E-state index contributed by atoms with van der Waals surface area (Å²) in [6.45, 7) is 0. The normalized spacial score (nSPS) is 18.4. The molecule has 0 radical (unpaired) electrons. The molecular formula is C17H17ClN4O3. The van der Waals surface area contributed by atoms with Crippen molar-refractivity contribution in [1.29, 1.82) is 0 Å². The fraction of sp³-hybridized carbons (Fsp3) is 0.412. The topological polar surface area (TPSA) is 97.1 Å². The smallest absolute Gasteiger partial charge is 0.329 e. The SMILES string of the molecule is O=C(NC1(C(=O)O)CCC1)c1nc(C2CC2)n(-c2ccccc2Cl)n1. The molecule has 2 fully saturated rings. The Morgan fingerprint density at radius 3 is 2.56 bits per heavy atom. The third-order valence-corrected chi connectivity index (χ3v) is 5.15. The van der Waals surface area contributed by atoms with Crippen molar-refractivity contribution in [3.63, 3.8) is 0 Å². The molecular weight excluding hydrogens is 344 g/mol. The average molecular weight is 361 g/mol. The van der Waals surface area contributed by atoms with Crippen LogP contribution in [0.25, 0.3) is 5.69 Å². The Kier molecular flexibility index (Phi) is 3.76. The first-order valence-corrected chi connectivity index (χ1v) is 8.66. The predicted molar refractivity (Wildman–Crippen MR) is 90.0 cm³/mol. The average Bonchev–Trinajstić information content (AvgIpc) is 3.30. The molecule has 25 heavy (non-hydrogen) atoms. The quantitative estimate of drug-likeness (QED) is 0.854. The monoisotopic (exact) mass is 360 g/mol. The van der Waals surface area contributed by atoms with E-state index in [0.717, 1.165) is 19.3 Å². The number of carbonyl (C=O) groups excluding carboxylic acids is 1. The van der Waals surface area contributed by atoms with E-state index >= 15 is 0 Å². The zero-order chi connectivity index (χ0) is 17.6. The first kappa shape index (κ1) is 16.1. The highest BCUT2D eigenvalue weighted by Crippen LogP contribution is 2.40. The third kappa shape index (κ3) is 2.78. The molecule has 0 spiro atoms. The van der Waals surface area contributed by atoms with Gasteiger partial charge in [-0.1, -0.05) is 23.7 Å². The lowest BCUT2D eigenvalue weighted by atomic mass is 9.77. The molecule has 130 valence electrons. The Balaban J connectivity index is 1.67. The summed E-state index contributed by atoms with van der Waals surface area (Å²) in [4.78, 5) is 28.4. The van der Waals surface area contributed by atoms with E-state index in [-0.39, 0.29) is 11.7 Å². The van der Waals surface area contributed by atoms with Crippen LogP contribution in [0.15, 0.2) is 24.3 Å². The molecule has 2 N–H and O–H groups in total. The highest BCUT2D eigenvalue weighted by atomic mass is 35.5. The Bertz CT molecular complexity index is 855. The van der Waals surface area contributed by atoms with E-state index in [0.29, 0.717) is 29.4 Å². The first-order chi connectivity index (χ1) is 12.0. The molecule has 0 aliphatic heterocycles. The van der Waals surface area contributed by atoms with Gasteiger partial charge in [0.1, 0.15) is 11.4 Å². The van der Waals surface area contributed by atoms with Gasteiger partial charge in [-0.15, -0.1) is 5.10 Å². The van der Waals surface area contributed by atoms with Gasteiger partial charge in [-0.2, -0.15) is 0 Å². The molecule has 8 heteroatoms. The number of para-hydroxylation sites is 1. The van der Waals surface area contributed by atoms with E-state index in [1.54, 1.807) is 10.7 Å². The summed E-state index contributed by atoms with van der Waals surface area (Å²) in [7, 11) is 0. The number of nitrogens with one attached hydrogen (secondary N) is 1. The lowest BCUT2D eigenvalue weighted by molar-refractivity contribution is -0.148. The Morgan fingerprint density at radius 2 is 2.00 bits per heavy atom. The van der Waals surface area contributed by atoms with Crippen LogP contribution in [0.2, 0.25) is 5.02 Å². The van der Waals surface area contributed by atoms with Crippen molar-refractivity contribution in [2.24, 2.45) is 0 Å². The molecule has 1 heterocycles. The zero-order valence-electron chi connectivity index (χ0n) is 13.4. The second kappa shape index (κ2) is 5.84. The molecule has 1 aromatic carbocycles. The van der Waals surface area contributed by atoms with Crippen molar-refractivity contribution >= 4 is 23.5 Å². The number of aliphatic carboxylic acids is 1. The molecule has 2 saturated carbocycles. The molecule has 2 aromatic rings. The van der Waals surface area contributed by atoms with Gasteiger partial charge in [-0.25, -0.2) is 14.5 Å². The molecule has 2 aliphatic rings. The number of nitrogens with zero attached hydrogens (tertiary/aromatic N) is 3. The molecule has 7 nitrogen and oxygen atoms in total. The van der Waals surface area contributed by atoms with E-state index < -0.39 is 17.4 Å². The number of carboxylic acid groups (broad SMARTS) is 1. The maximum absolute atomic E-state index is 12.5. The van der Waals surface area contributed by atoms with Crippen molar-refractivity contribution in [3.05, 3.63) is 40.9 Å². The van der Waals surface area contributed by atoms with Crippen LogP contribution in [0.1, 0.15) is 54.5 Å². The number of carboxylic acids is 1. The number of rotatable bonds is 5. The van der Waals surface area contributed by atoms with Gasteiger partial charge in [0.2, 0.25) is 5.82 Å². The van der Waals surface area contributed by atoms with E-state index in [2.05, 4.69) is 15.4 Å². The van der Waals surface area contributed by atoms with Gasteiger partial charge in [0.15, 0.2) is 0 Å². The van der Waals surface area contributed by atoms with Crippen LogP contribution >= 0.6 is 11.6 Å². The highest BCUT2D eigenvalue weighted by molar-refractivity contribution is 6.32. The van der Waals surface area contributed by atoms with Gasteiger partial charge in [-0.05, 0) is 44.2 Å². The zero-order valence-corrected chi connectivity index (χ0v) is 14.2. The second-order valence-corrected chi connectivity index (χ2v) is 7.03. The van der Waals surface area contributed by atoms with Crippen molar-refractivity contribution in [1.82, 2.24) is 20.1 Å². The summed E-state index contributed by atoms with van der Waals surface area (Å²) < 4.78 is 1.60. The molecule has 1 aromatic heterocycles. The minimum absolute atomic E-state index is 0.0191. The van der Waals surface area contributed by atoms with Gasteiger partial charge < -0.3 is 10.4 Å². The van der Waals surface area contributed by atoms with Crippen molar-refractivity contribution in [2.75, 3.05) is 0 Å². The van der Waals surface area contributed by atoms with Crippen LogP contribution in [0.5, 0.6) is 0 Å². The highest BCUT2D eigenvalue weighted by Gasteiger charge is 2.46. The molecule has 0 atom stereocenters. The Labute approximate surface area is 149 Å². The van der Waals surface area contributed by atoms with Crippen molar-refractivity contribution in [2.45, 2.75) is 43.6 Å². The minimum Gasteiger partial charge on any atom is -0.480 e. The van der Waals surface area contributed by atoms with Crippen LogP contribution in [-0.2, 0) is 4.79 Å². The van der Waals surface area contributed by atoms with Crippen LogP contribution < -0.4 is 5.32 Å². The summed E-state index contributed by atoms with van der Waals surface area (Å²) in [6, 6.07) is 7.23. The summed E-state index contributed by atoms with van der Waals surface area (Å²) in [5.74, 6) is -0.650. The van der Waals surface area contributed by atoms with Gasteiger partial charge in [-0.3, -0.25) is 4.79 Å². The summed E-state index contributed by atoms with van der Waals surface area (Å²) in [5, 5.41) is 16.8. The molecule has 4 rings (SSSR count). The van der Waals surface area contributed by atoms with Gasteiger partial charge in [0.05, 0.1) is 10.7 Å². The molecule has 0 saturated heterocycles. The summed E-state index contributed by atoms with van der Waals surface area (Å²) >= 11 is 6.26. The number of aromatic nitrogens is 3. The number of hydrogen-bond acceptors (Lipinski definition) is 4. The van der Waals surface area contributed by atoms with Crippen molar-refractivity contribution in [3.8, 4) is 5.69 Å². The number of hydrogen-bond donors (Lipinski definition) is 2. The molecule has 0 unspecified atom stereocenters. The lowest BCUT2D eigenvalue weighted by Gasteiger charge is -2.37. The maximum Gasteiger partial charge on any atom is 0.329 e. The predicted octanol–water partition coefficient (Wildman–Crippen LogP) is 2.54.